The van der Waals surface area contributed by atoms with Crippen LogP contribution in [0, 0.1) is 0 Å². The summed E-state index contributed by atoms with van der Waals surface area (Å²) in [6.45, 7) is 2.94. The zero-order valence-electron chi connectivity index (χ0n) is 14.5. The van der Waals surface area contributed by atoms with Crippen LogP contribution in [0.4, 0.5) is 5.82 Å². The van der Waals surface area contributed by atoms with Crippen LogP contribution in [0.3, 0.4) is 0 Å². The predicted molar refractivity (Wildman–Crippen MR) is 101 cm³/mol. The monoisotopic (exact) mass is 368 g/mol. The van der Waals surface area contributed by atoms with Crippen molar-refractivity contribution in [3.63, 3.8) is 0 Å². The molecule has 3 aromatic rings. The highest BCUT2D eigenvalue weighted by Crippen LogP contribution is 2.30. The Hall–Kier alpha value is -2.41. The van der Waals surface area contributed by atoms with Gasteiger partial charge in [-0.2, -0.15) is 4.37 Å². The van der Waals surface area contributed by atoms with Crippen LogP contribution in [0.1, 0.15) is 34.7 Å². The average molecular weight is 368 g/mol. The molecule has 0 saturated carbocycles. The summed E-state index contributed by atoms with van der Waals surface area (Å²) in [6, 6.07) is 8.31. The van der Waals surface area contributed by atoms with Crippen molar-refractivity contribution in [2.24, 2.45) is 0 Å². The van der Waals surface area contributed by atoms with E-state index in [1.807, 2.05) is 17.0 Å². The van der Waals surface area contributed by atoms with E-state index in [2.05, 4.69) is 26.6 Å². The summed E-state index contributed by atoms with van der Waals surface area (Å²) in [7, 11) is 0. The van der Waals surface area contributed by atoms with Gasteiger partial charge in [0.25, 0.3) is 5.91 Å². The molecule has 0 radical (unpaired) electrons. The van der Waals surface area contributed by atoms with E-state index < -0.39 is 0 Å². The van der Waals surface area contributed by atoms with E-state index in [0.29, 0.717) is 18.8 Å². The molecule has 0 atom stereocenters. The third-order valence-corrected chi connectivity index (χ3v) is 6.20. The molecule has 5 rings (SSSR count). The minimum atomic E-state index is -0.0107. The summed E-state index contributed by atoms with van der Waals surface area (Å²) in [5, 5.41) is 5.32. The quantitative estimate of drug-likeness (QED) is 0.695. The zero-order valence-corrected chi connectivity index (χ0v) is 15.3. The molecule has 6 nitrogen and oxygen atoms in total. The molecular formula is C19H20N4O2S. The topological polar surface area (TPSA) is 62.5 Å². The largest absolute Gasteiger partial charge is 0.352 e. The van der Waals surface area contributed by atoms with Crippen LogP contribution in [0.5, 0.6) is 0 Å². The van der Waals surface area contributed by atoms with Gasteiger partial charge in [0, 0.05) is 37.1 Å². The molecule has 0 spiro atoms. The number of hydrogen-bond acceptors (Lipinski definition) is 6. The van der Waals surface area contributed by atoms with E-state index in [-0.39, 0.29) is 5.91 Å². The Morgan fingerprint density at radius 1 is 1.08 bits per heavy atom. The second-order valence-corrected chi connectivity index (χ2v) is 7.73. The van der Waals surface area contributed by atoms with Gasteiger partial charge in [0.15, 0.2) is 0 Å². The van der Waals surface area contributed by atoms with E-state index in [9.17, 15) is 4.79 Å². The maximum absolute atomic E-state index is 12.9. The number of nitrogens with zero attached hydrogens (tertiary/aromatic N) is 4. The molecule has 0 bridgehead atoms. The van der Waals surface area contributed by atoms with Crippen molar-refractivity contribution in [1.29, 1.82) is 0 Å². The van der Waals surface area contributed by atoms with Crippen LogP contribution >= 0.6 is 11.5 Å². The molecule has 7 heteroatoms. The number of fused-ring (bicyclic) bond motifs is 2. The fourth-order valence-electron chi connectivity index (χ4n) is 3.92. The number of amides is 1. The third-order valence-electron chi connectivity index (χ3n) is 5.38. The van der Waals surface area contributed by atoms with Crippen molar-refractivity contribution >= 4 is 33.3 Å². The Kier molecular flexibility index (Phi) is 3.89. The van der Waals surface area contributed by atoms with E-state index in [0.717, 1.165) is 55.8 Å². The van der Waals surface area contributed by atoms with Gasteiger partial charge in [0.1, 0.15) is 5.82 Å². The number of hydrogen-bond donors (Lipinski definition) is 0. The van der Waals surface area contributed by atoms with E-state index >= 15 is 0 Å². The fourth-order valence-corrected chi connectivity index (χ4v) is 4.72. The first-order valence-electron chi connectivity index (χ1n) is 9.17. The lowest BCUT2D eigenvalue weighted by atomic mass is 9.96. The first-order chi connectivity index (χ1) is 12.8. The van der Waals surface area contributed by atoms with Gasteiger partial charge in [-0.1, -0.05) is 17.3 Å². The van der Waals surface area contributed by atoms with Crippen molar-refractivity contribution in [3.8, 4) is 0 Å². The van der Waals surface area contributed by atoms with Crippen LogP contribution in [0.2, 0.25) is 0 Å². The van der Waals surface area contributed by atoms with Crippen LogP contribution in [0.15, 0.2) is 28.8 Å². The highest BCUT2D eigenvalue weighted by atomic mass is 32.1. The molecule has 1 aliphatic carbocycles. The summed E-state index contributed by atoms with van der Waals surface area (Å²) in [5.74, 6) is 1.49. The second-order valence-electron chi connectivity index (χ2n) is 6.93. The van der Waals surface area contributed by atoms with E-state index in [1.54, 1.807) is 0 Å². The van der Waals surface area contributed by atoms with Gasteiger partial charge in [-0.3, -0.25) is 4.79 Å². The van der Waals surface area contributed by atoms with E-state index in [1.165, 1.54) is 21.6 Å². The van der Waals surface area contributed by atoms with Gasteiger partial charge >= 0.3 is 0 Å². The molecule has 2 aliphatic rings. The molecule has 26 heavy (non-hydrogen) atoms. The number of aromatic nitrogens is 2. The molecule has 1 aliphatic heterocycles. The first kappa shape index (κ1) is 15.8. The Morgan fingerprint density at radius 2 is 1.88 bits per heavy atom. The molecule has 2 aromatic heterocycles. The van der Waals surface area contributed by atoms with Crippen molar-refractivity contribution in [1.82, 2.24) is 14.4 Å². The van der Waals surface area contributed by atoms with Gasteiger partial charge in [0.05, 0.1) is 10.4 Å². The summed E-state index contributed by atoms with van der Waals surface area (Å²) in [4.78, 5) is 17.1. The maximum atomic E-state index is 12.9. The molecule has 134 valence electrons. The number of piperazine rings is 1. The van der Waals surface area contributed by atoms with Gasteiger partial charge < -0.3 is 14.3 Å². The van der Waals surface area contributed by atoms with Crippen LogP contribution in [0.25, 0.3) is 10.1 Å². The number of benzene rings is 1. The Balaban J connectivity index is 1.31. The molecular weight excluding hydrogens is 348 g/mol. The SMILES string of the molecule is O=C(c1onc2c1CCCC2)N1CCN(c2nsc3ccccc23)CC1. The summed E-state index contributed by atoms with van der Waals surface area (Å²) >= 11 is 1.53. The van der Waals surface area contributed by atoms with Crippen molar-refractivity contribution in [2.75, 3.05) is 31.1 Å². The predicted octanol–water partition coefficient (Wildman–Crippen LogP) is 3.13. The number of anilines is 1. The minimum Gasteiger partial charge on any atom is -0.352 e. The Labute approximate surface area is 155 Å². The number of carbonyl (C=O) groups excluding carboxylic acids is 1. The molecule has 3 heterocycles. The van der Waals surface area contributed by atoms with Crippen LogP contribution in [-0.2, 0) is 12.8 Å². The summed E-state index contributed by atoms with van der Waals surface area (Å²) < 4.78 is 11.3. The molecule has 0 N–H and O–H groups in total. The lowest BCUT2D eigenvalue weighted by Crippen LogP contribution is -2.49. The molecule has 0 unspecified atom stereocenters. The van der Waals surface area contributed by atoms with Gasteiger partial charge in [-0.15, -0.1) is 0 Å². The molecule has 1 saturated heterocycles. The number of carbonyl (C=O) groups is 1. The fraction of sp³-hybridized carbons (Fsp3) is 0.421. The molecule has 1 aromatic carbocycles. The lowest BCUT2D eigenvalue weighted by Gasteiger charge is -2.34. The van der Waals surface area contributed by atoms with Crippen LogP contribution < -0.4 is 4.90 Å². The van der Waals surface area contributed by atoms with Crippen molar-refractivity contribution in [3.05, 3.63) is 41.3 Å². The molecule has 1 fully saturated rings. The first-order valence-corrected chi connectivity index (χ1v) is 9.94. The van der Waals surface area contributed by atoms with Crippen molar-refractivity contribution in [2.45, 2.75) is 25.7 Å². The highest BCUT2D eigenvalue weighted by Gasteiger charge is 2.30. The summed E-state index contributed by atoms with van der Waals surface area (Å²) in [6.07, 6.45) is 4.08. The standard InChI is InChI=1S/C19H20N4O2S/c24-19(17-13-5-1-3-7-15(13)20-25-17)23-11-9-22(10-12-23)18-14-6-2-4-8-16(14)26-21-18/h2,4,6,8H,1,3,5,7,9-12H2. The lowest BCUT2D eigenvalue weighted by molar-refractivity contribution is 0.0703. The van der Waals surface area contributed by atoms with Gasteiger partial charge in [-0.05, 0) is 49.3 Å². The number of rotatable bonds is 2. The van der Waals surface area contributed by atoms with Crippen molar-refractivity contribution < 1.29 is 9.32 Å². The van der Waals surface area contributed by atoms with Crippen LogP contribution in [-0.4, -0.2) is 46.5 Å². The highest BCUT2D eigenvalue weighted by molar-refractivity contribution is 7.13. The normalized spacial score (nSPS) is 17.5. The van der Waals surface area contributed by atoms with Gasteiger partial charge in [-0.25, -0.2) is 0 Å². The Morgan fingerprint density at radius 3 is 2.77 bits per heavy atom. The van der Waals surface area contributed by atoms with E-state index in [4.69, 9.17) is 4.52 Å². The Bertz CT molecular complexity index is 956. The second kappa shape index (κ2) is 6.39. The third kappa shape index (κ3) is 2.58. The number of aryl methyl sites for hydroxylation is 1. The zero-order chi connectivity index (χ0) is 17.5. The molecule has 1 amide bonds. The average Bonchev–Trinajstić information content (AvgIpc) is 3.32. The maximum Gasteiger partial charge on any atom is 0.292 e. The van der Waals surface area contributed by atoms with Gasteiger partial charge in [0.2, 0.25) is 5.76 Å². The minimum absolute atomic E-state index is 0.0107. The summed E-state index contributed by atoms with van der Waals surface area (Å²) in [5.41, 5.74) is 2.02. The smallest absolute Gasteiger partial charge is 0.292 e.